The molecule has 4 heteroatoms. The molecule has 4 nitrogen and oxygen atoms in total. The van der Waals surface area contributed by atoms with Crippen LogP contribution in [0.3, 0.4) is 0 Å². The molecule has 88 valence electrons. The molecule has 0 aromatic rings. The fourth-order valence-corrected chi connectivity index (χ4v) is 1.26. The second kappa shape index (κ2) is 6.43. The number of carbonyl (C=O) groups excluding carboxylic acids is 1. The molecule has 0 saturated heterocycles. The molecule has 0 saturated carbocycles. The predicted octanol–water partition coefficient (Wildman–Crippen LogP) is 2.36. The molecule has 0 aromatic heterocycles. The molecule has 0 amide bonds. The molecule has 0 aromatic carbocycles. The van der Waals surface area contributed by atoms with Gasteiger partial charge in [0, 0.05) is 12.8 Å². The first kappa shape index (κ1) is 13.9. The van der Waals surface area contributed by atoms with Crippen molar-refractivity contribution in [1.29, 1.82) is 0 Å². The van der Waals surface area contributed by atoms with Crippen molar-refractivity contribution >= 4 is 11.9 Å². The highest BCUT2D eigenvalue weighted by Crippen LogP contribution is 2.19. The zero-order valence-corrected chi connectivity index (χ0v) is 9.71. The maximum atomic E-state index is 11.1. The van der Waals surface area contributed by atoms with Crippen LogP contribution in [0.1, 0.15) is 52.9 Å². The molecule has 0 atom stereocenters. The van der Waals surface area contributed by atoms with Crippen molar-refractivity contribution in [2.75, 3.05) is 0 Å². The van der Waals surface area contributed by atoms with Crippen molar-refractivity contribution in [3.63, 3.8) is 0 Å². The van der Waals surface area contributed by atoms with Gasteiger partial charge in [-0.05, 0) is 33.1 Å². The Bertz CT molecular complexity index is 221. The topological polar surface area (TPSA) is 63.6 Å². The molecule has 0 unspecified atom stereocenters. The van der Waals surface area contributed by atoms with E-state index in [1.807, 2.05) is 13.8 Å². The van der Waals surface area contributed by atoms with E-state index >= 15 is 0 Å². The fourth-order valence-electron chi connectivity index (χ4n) is 1.26. The largest absolute Gasteiger partial charge is 0.481 e. The van der Waals surface area contributed by atoms with Crippen LogP contribution in [0.25, 0.3) is 0 Å². The van der Waals surface area contributed by atoms with Crippen molar-refractivity contribution in [1.82, 2.24) is 0 Å². The summed E-state index contributed by atoms with van der Waals surface area (Å²) in [6.45, 7) is 5.45. The van der Waals surface area contributed by atoms with Crippen molar-refractivity contribution in [2.24, 2.45) is 0 Å². The number of carboxylic acids is 1. The summed E-state index contributed by atoms with van der Waals surface area (Å²) in [7, 11) is 0. The van der Waals surface area contributed by atoms with Crippen LogP contribution in [-0.4, -0.2) is 22.6 Å². The number of aliphatic carboxylic acids is 1. The van der Waals surface area contributed by atoms with Gasteiger partial charge in [0.2, 0.25) is 0 Å². The summed E-state index contributed by atoms with van der Waals surface area (Å²) in [4.78, 5) is 21.3. The van der Waals surface area contributed by atoms with E-state index in [4.69, 9.17) is 9.84 Å². The van der Waals surface area contributed by atoms with Crippen LogP contribution in [-0.2, 0) is 14.3 Å². The monoisotopic (exact) mass is 216 g/mol. The number of carboxylic acid groups (broad SMARTS) is 1. The first-order chi connectivity index (χ1) is 6.87. The third kappa shape index (κ3) is 7.97. The van der Waals surface area contributed by atoms with Crippen LogP contribution in [0, 0.1) is 0 Å². The Balaban J connectivity index is 3.73. The number of esters is 1. The van der Waals surface area contributed by atoms with Gasteiger partial charge in [-0.3, -0.25) is 9.59 Å². The van der Waals surface area contributed by atoms with Crippen LogP contribution < -0.4 is 0 Å². The lowest BCUT2D eigenvalue weighted by molar-refractivity contribution is -0.156. The molecule has 0 fully saturated rings. The lowest BCUT2D eigenvalue weighted by Gasteiger charge is -2.24. The average molecular weight is 216 g/mol. The molecule has 0 bridgehead atoms. The van der Waals surface area contributed by atoms with E-state index in [-0.39, 0.29) is 12.4 Å². The van der Waals surface area contributed by atoms with Crippen LogP contribution in [0.4, 0.5) is 0 Å². The van der Waals surface area contributed by atoms with Gasteiger partial charge in [-0.2, -0.15) is 0 Å². The summed E-state index contributed by atoms with van der Waals surface area (Å²) in [6, 6.07) is 0. The first-order valence-corrected chi connectivity index (χ1v) is 5.31. The van der Waals surface area contributed by atoms with E-state index in [1.165, 1.54) is 0 Å². The average Bonchev–Trinajstić information content (AvgIpc) is 2.11. The Morgan fingerprint density at radius 1 is 1.27 bits per heavy atom. The van der Waals surface area contributed by atoms with E-state index in [0.717, 1.165) is 6.42 Å². The highest BCUT2D eigenvalue weighted by molar-refractivity contribution is 5.69. The first-order valence-electron chi connectivity index (χ1n) is 5.31. The van der Waals surface area contributed by atoms with Gasteiger partial charge in [-0.15, -0.1) is 0 Å². The molecule has 15 heavy (non-hydrogen) atoms. The number of ether oxygens (including phenoxy) is 1. The van der Waals surface area contributed by atoms with E-state index in [0.29, 0.717) is 19.3 Å². The molecule has 0 rings (SSSR count). The van der Waals surface area contributed by atoms with E-state index in [9.17, 15) is 9.59 Å². The van der Waals surface area contributed by atoms with Crippen LogP contribution >= 0.6 is 0 Å². The summed E-state index contributed by atoms with van der Waals surface area (Å²) >= 11 is 0. The standard InChI is InChI=1S/C11H20O4/c1-4-10(14)15-11(2,3)8-6-5-7-9(12)13/h4-8H2,1-3H3,(H,12,13). The number of carbonyl (C=O) groups is 2. The van der Waals surface area contributed by atoms with Gasteiger partial charge in [0.05, 0.1) is 0 Å². The van der Waals surface area contributed by atoms with Crippen LogP contribution in [0.15, 0.2) is 0 Å². The van der Waals surface area contributed by atoms with Crippen molar-refractivity contribution in [2.45, 2.75) is 58.5 Å². The van der Waals surface area contributed by atoms with Crippen LogP contribution in [0.5, 0.6) is 0 Å². The Morgan fingerprint density at radius 3 is 2.33 bits per heavy atom. The molecule has 0 spiro atoms. The normalized spacial score (nSPS) is 11.1. The summed E-state index contributed by atoms with van der Waals surface area (Å²) < 4.78 is 5.21. The SMILES string of the molecule is CCC(=O)OC(C)(C)CCCCC(=O)O. The molecule has 0 heterocycles. The fraction of sp³-hybridized carbons (Fsp3) is 0.818. The van der Waals surface area contributed by atoms with Crippen molar-refractivity contribution in [3.05, 3.63) is 0 Å². The predicted molar refractivity (Wildman–Crippen MR) is 56.6 cm³/mol. The number of rotatable bonds is 7. The molecular formula is C11H20O4. The minimum atomic E-state index is -0.779. The Hall–Kier alpha value is -1.06. The van der Waals surface area contributed by atoms with Gasteiger partial charge in [-0.25, -0.2) is 0 Å². The summed E-state index contributed by atoms with van der Waals surface area (Å²) in [5.74, 6) is -0.989. The highest BCUT2D eigenvalue weighted by atomic mass is 16.6. The lowest BCUT2D eigenvalue weighted by Crippen LogP contribution is -2.27. The minimum Gasteiger partial charge on any atom is -0.481 e. The maximum Gasteiger partial charge on any atom is 0.306 e. The Labute approximate surface area is 90.6 Å². The Morgan fingerprint density at radius 2 is 1.87 bits per heavy atom. The zero-order valence-electron chi connectivity index (χ0n) is 9.71. The Kier molecular flexibility index (Phi) is 5.97. The second-order valence-corrected chi connectivity index (χ2v) is 4.19. The second-order valence-electron chi connectivity index (χ2n) is 4.19. The van der Waals surface area contributed by atoms with Gasteiger partial charge in [0.25, 0.3) is 0 Å². The van der Waals surface area contributed by atoms with Crippen LogP contribution in [0.2, 0.25) is 0 Å². The molecule has 0 aliphatic heterocycles. The van der Waals surface area contributed by atoms with E-state index in [2.05, 4.69) is 0 Å². The number of hydrogen-bond acceptors (Lipinski definition) is 3. The van der Waals surface area contributed by atoms with Gasteiger partial charge < -0.3 is 9.84 Å². The maximum absolute atomic E-state index is 11.1. The van der Waals surface area contributed by atoms with Crippen molar-refractivity contribution in [3.8, 4) is 0 Å². The summed E-state index contributed by atoms with van der Waals surface area (Å²) in [5, 5.41) is 8.44. The van der Waals surface area contributed by atoms with Gasteiger partial charge in [0.1, 0.15) is 5.60 Å². The van der Waals surface area contributed by atoms with Gasteiger partial charge in [-0.1, -0.05) is 6.92 Å². The zero-order chi connectivity index (χ0) is 11.9. The smallest absolute Gasteiger partial charge is 0.306 e. The van der Waals surface area contributed by atoms with Gasteiger partial charge in [0.15, 0.2) is 0 Å². The van der Waals surface area contributed by atoms with Crippen molar-refractivity contribution < 1.29 is 19.4 Å². The molecule has 0 radical (unpaired) electrons. The quantitative estimate of drug-likeness (QED) is 0.524. The molecular weight excluding hydrogens is 196 g/mol. The molecule has 0 aliphatic carbocycles. The third-order valence-corrected chi connectivity index (χ3v) is 2.10. The van der Waals surface area contributed by atoms with E-state index < -0.39 is 11.6 Å². The molecule has 0 aliphatic rings. The number of unbranched alkanes of at least 4 members (excludes halogenated alkanes) is 1. The van der Waals surface area contributed by atoms with E-state index in [1.54, 1.807) is 6.92 Å². The molecule has 1 N–H and O–H groups in total. The third-order valence-electron chi connectivity index (χ3n) is 2.10. The minimum absolute atomic E-state index is 0.178. The summed E-state index contributed by atoms with van der Waals surface area (Å²) in [5.41, 5.74) is -0.481. The van der Waals surface area contributed by atoms with Gasteiger partial charge >= 0.3 is 11.9 Å². The summed E-state index contributed by atoms with van der Waals surface area (Å²) in [6.07, 6.45) is 2.64. The lowest BCUT2D eigenvalue weighted by atomic mass is 10.0. The highest BCUT2D eigenvalue weighted by Gasteiger charge is 2.21. The number of hydrogen-bond donors (Lipinski definition) is 1.